The molecule has 3 heteroatoms. The van der Waals surface area contributed by atoms with Crippen LogP contribution >= 0.6 is 0 Å². The number of carbonyl (C=O) groups is 1. The first-order valence-electron chi connectivity index (χ1n) is 12.6. The maximum Gasteiger partial charge on any atom is 0.410 e. The average molecular weight is 450 g/mol. The Balaban J connectivity index is 1.09. The lowest BCUT2D eigenvalue weighted by Gasteiger charge is -2.33. The Kier molecular flexibility index (Phi) is 5.70. The summed E-state index contributed by atoms with van der Waals surface area (Å²) in [5.41, 5.74) is 7.98. The lowest BCUT2D eigenvalue weighted by molar-refractivity contribution is 0.0848. The first-order valence-corrected chi connectivity index (χ1v) is 12.6. The molecule has 0 spiro atoms. The van der Waals surface area contributed by atoms with Gasteiger partial charge in [0.25, 0.3) is 0 Å². The van der Waals surface area contributed by atoms with E-state index in [2.05, 4.69) is 84.9 Å². The van der Waals surface area contributed by atoms with E-state index >= 15 is 0 Å². The molecule has 3 aromatic rings. The Labute approximate surface area is 202 Å². The summed E-state index contributed by atoms with van der Waals surface area (Å²) in [6.07, 6.45) is 8.74. The van der Waals surface area contributed by atoms with Crippen molar-refractivity contribution < 1.29 is 9.53 Å². The van der Waals surface area contributed by atoms with Crippen LogP contribution in [0.25, 0.3) is 11.1 Å². The Morgan fingerprint density at radius 3 is 2.21 bits per heavy atom. The highest BCUT2D eigenvalue weighted by atomic mass is 16.6. The van der Waals surface area contributed by atoms with Gasteiger partial charge in [-0.15, -0.1) is 0 Å². The topological polar surface area (TPSA) is 29.5 Å². The van der Waals surface area contributed by atoms with Crippen LogP contribution in [0.15, 0.2) is 90.5 Å². The van der Waals surface area contributed by atoms with Crippen molar-refractivity contribution in [1.29, 1.82) is 0 Å². The molecule has 2 aliphatic heterocycles. The van der Waals surface area contributed by atoms with Gasteiger partial charge in [0.15, 0.2) is 0 Å². The smallest absolute Gasteiger partial charge is 0.410 e. The molecule has 1 amide bonds. The molecule has 0 aromatic heterocycles. The summed E-state index contributed by atoms with van der Waals surface area (Å²) in [6, 6.07) is 28.2. The zero-order valence-corrected chi connectivity index (χ0v) is 19.5. The van der Waals surface area contributed by atoms with E-state index in [0.717, 1.165) is 32.1 Å². The highest BCUT2D eigenvalue weighted by Crippen LogP contribution is 2.45. The minimum Gasteiger partial charge on any atom is -0.448 e. The minimum absolute atomic E-state index is 0.114. The van der Waals surface area contributed by atoms with Gasteiger partial charge in [-0.3, -0.25) is 4.90 Å². The van der Waals surface area contributed by atoms with Crippen molar-refractivity contribution in [2.75, 3.05) is 6.61 Å². The molecular weight excluding hydrogens is 418 g/mol. The predicted molar refractivity (Wildman–Crippen MR) is 136 cm³/mol. The van der Waals surface area contributed by atoms with Crippen molar-refractivity contribution in [3.8, 4) is 11.1 Å². The third kappa shape index (κ3) is 3.94. The lowest BCUT2D eigenvalue weighted by Crippen LogP contribution is -2.43. The highest BCUT2D eigenvalue weighted by Gasteiger charge is 2.40. The standard InChI is InChI=1S/C31H31NO2/c33-31(34-21-30-28-15-6-4-13-26(28)27-14-5-7-16-29(27)30)32-24-17-18-25(32)20-23(19-24)12-8-11-22-9-2-1-3-10-22/h1-7,9-10,13-16,19,24-25,30H,8,11-12,17-18,20-21H2. The molecule has 3 aromatic carbocycles. The van der Waals surface area contributed by atoms with E-state index in [9.17, 15) is 4.79 Å². The highest BCUT2D eigenvalue weighted by molar-refractivity contribution is 5.79. The molecule has 1 aliphatic carbocycles. The van der Waals surface area contributed by atoms with E-state index in [1.807, 2.05) is 4.90 Å². The van der Waals surface area contributed by atoms with Crippen molar-refractivity contribution in [1.82, 2.24) is 4.90 Å². The van der Waals surface area contributed by atoms with Crippen LogP contribution in [0.5, 0.6) is 0 Å². The number of carbonyl (C=O) groups excluding carboxylic acids is 1. The van der Waals surface area contributed by atoms with Crippen LogP contribution in [-0.4, -0.2) is 29.7 Å². The van der Waals surface area contributed by atoms with Crippen molar-refractivity contribution in [3.05, 3.63) is 107 Å². The fourth-order valence-corrected chi connectivity index (χ4v) is 6.22. The first kappa shape index (κ1) is 21.2. The molecule has 2 atom stereocenters. The number of nitrogens with zero attached hydrogens (tertiary/aromatic N) is 1. The fourth-order valence-electron chi connectivity index (χ4n) is 6.22. The Bertz CT molecular complexity index is 1170. The zero-order valence-electron chi connectivity index (χ0n) is 19.5. The first-order chi connectivity index (χ1) is 16.8. The second-order valence-electron chi connectivity index (χ2n) is 9.88. The summed E-state index contributed by atoms with van der Waals surface area (Å²) in [6.45, 7) is 0.399. The van der Waals surface area contributed by atoms with E-state index in [1.165, 1.54) is 39.8 Å². The molecule has 0 saturated carbocycles. The molecule has 3 aliphatic rings. The molecule has 2 bridgehead atoms. The number of ether oxygens (including phenoxy) is 1. The largest absolute Gasteiger partial charge is 0.448 e. The summed E-state index contributed by atoms with van der Waals surface area (Å²) < 4.78 is 5.99. The van der Waals surface area contributed by atoms with Gasteiger partial charge in [-0.1, -0.05) is 90.5 Å². The number of fused-ring (bicyclic) bond motifs is 5. The number of rotatable bonds is 6. The maximum absolute atomic E-state index is 13.2. The summed E-state index contributed by atoms with van der Waals surface area (Å²) >= 11 is 0. The quantitative estimate of drug-likeness (QED) is 0.375. The van der Waals surface area contributed by atoms with Crippen molar-refractivity contribution >= 4 is 6.09 Å². The molecule has 0 N–H and O–H groups in total. The normalized spacial score (nSPS) is 20.6. The summed E-state index contributed by atoms with van der Waals surface area (Å²) in [4.78, 5) is 15.2. The van der Waals surface area contributed by atoms with Gasteiger partial charge < -0.3 is 4.74 Å². The number of amides is 1. The second kappa shape index (κ2) is 9.13. The number of hydrogen-bond donors (Lipinski definition) is 0. The molecule has 6 rings (SSSR count). The molecule has 34 heavy (non-hydrogen) atoms. The van der Waals surface area contributed by atoms with Crippen LogP contribution < -0.4 is 0 Å². The van der Waals surface area contributed by atoms with Gasteiger partial charge in [0, 0.05) is 12.0 Å². The maximum atomic E-state index is 13.2. The van der Waals surface area contributed by atoms with Gasteiger partial charge >= 0.3 is 6.09 Å². The van der Waals surface area contributed by atoms with E-state index in [4.69, 9.17) is 4.74 Å². The van der Waals surface area contributed by atoms with E-state index in [-0.39, 0.29) is 24.1 Å². The van der Waals surface area contributed by atoms with Crippen molar-refractivity contribution in [2.24, 2.45) is 0 Å². The van der Waals surface area contributed by atoms with E-state index in [0.29, 0.717) is 6.61 Å². The molecule has 2 unspecified atom stereocenters. The third-order valence-corrected chi connectivity index (χ3v) is 7.83. The second-order valence-corrected chi connectivity index (χ2v) is 9.88. The predicted octanol–water partition coefficient (Wildman–Crippen LogP) is 7.12. The Morgan fingerprint density at radius 2 is 1.50 bits per heavy atom. The van der Waals surface area contributed by atoms with Crippen LogP contribution in [0.3, 0.4) is 0 Å². The van der Waals surface area contributed by atoms with Gasteiger partial charge in [-0.25, -0.2) is 4.79 Å². The van der Waals surface area contributed by atoms with Gasteiger partial charge in [-0.05, 0) is 66.3 Å². The van der Waals surface area contributed by atoms with Crippen LogP contribution in [0.4, 0.5) is 4.79 Å². The lowest BCUT2D eigenvalue weighted by atomic mass is 9.95. The molecule has 0 radical (unpaired) electrons. The number of aryl methyl sites for hydroxylation is 1. The van der Waals surface area contributed by atoms with Crippen LogP contribution in [0.2, 0.25) is 0 Å². The Morgan fingerprint density at radius 1 is 0.824 bits per heavy atom. The number of benzene rings is 3. The SMILES string of the molecule is O=C(OCC1c2ccccc2-c2ccccc21)N1C2C=C(CCCc3ccccc3)CC1CC2. The third-order valence-electron chi connectivity index (χ3n) is 7.83. The van der Waals surface area contributed by atoms with Gasteiger partial charge in [0.05, 0.1) is 6.04 Å². The monoisotopic (exact) mass is 449 g/mol. The average Bonchev–Trinajstić information content (AvgIpc) is 3.34. The van der Waals surface area contributed by atoms with Crippen molar-refractivity contribution in [2.45, 2.75) is 56.5 Å². The summed E-state index contributed by atoms with van der Waals surface area (Å²) in [7, 11) is 0. The molecule has 1 fully saturated rings. The van der Waals surface area contributed by atoms with Crippen LogP contribution in [0, 0.1) is 0 Å². The Hall–Kier alpha value is -3.33. The van der Waals surface area contributed by atoms with Gasteiger partial charge in [-0.2, -0.15) is 0 Å². The summed E-state index contributed by atoms with van der Waals surface area (Å²) in [5, 5.41) is 0. The van der Waals surface area contributed by atoms with Crippen molar-refractivity contribution in [3.63, 3.8) is 0 Å². The molecule has 172 valence electrons. The zero-order chi connectivity index (χ0) is 22.9. The van der Waals surface area contributed by atoms with E-state index in [1.54, 1.807) is 0 Å². The summed E-state index contributed by atoms with van der Waals surface area (Å²) in [5.74, 6) is 0.114. The molecular formula is C31H31NO2. The van der Waals surface area contributed by atoms with Crippen LogP contribution in [0.1, 0.15) is 54.7 Å². The fraction of sp³-hybridized carbons (Fsp3) is 0.323. The van der Waals surface area contributed by atoms with Gasteiger partial charge in [0.1, 0.15) is 6.61 Å². The minimum atomic E-state index is -0.144. The van der Waals surface area contributed by atoms with Gasteiger partial charge in [0.2, 0.25) is 0 Å². The number of hydrogen-bond acceptors (Lipinski definition) is 2. The molecule has 3 nitrogen and oxygen atoms in total. The van der Waals surface area contributed by atoms with Crippen LogP contribution in [-0.2, 0) is 11.2 Å². The van der Waals surface area contributed by atoms with E-state index < -0.39 is 0 Å². The molecule has 1 saturated heterocycles. The molecule has 2 heterocycles.